The second kappa shape index (κ2) is 10.7. The van der Waals surface area contributed by atoms with Gasteiger partial charge in [0.25, 0.3) is 11.5 Å². The molecule has 1 aromatic heterocycles. The van der Waals surface area contributed by atoms with Crippen molar-refractivity contribution in [2.45, 2.75) is 60.0 Å². The highest BCUT2D eigenvalue weighted by Crippen LogP contribution is 2.37. The number of thioether (sulfide) groups is 1. The predicted octanol–water partition coefficient (Wildman–Crippen LogP) is 3.44. The molecule has 3 heterocycles. The summed E-state index contributed by atoms with van der Waals surface area (Å²) in [6, 6.07) is 1.96. The summed E-state index contributed by atoms with van der Waals surface area (Å²) in [7, 11) is 0. The molecule has 0 bridgehead atoms. The maximum absolute atomic E-state index is 13.2. The van der Waals surface area contributed by atoms with E-state index in [1.54, 1.807) is 29.4 Å². The first-order chi connectivity index (χ1) is 16.2. The molecule has 2 fully saturated rings. The van der Waals surface area contributed by atoms with Gasteiger partial charge < -0.3 is 9.64 Å². The largest absolute Gasteiger partial charge is 0.466 e. The number of pyridine rings is 1. The van der Waals surface area contributed by atoms with Gasteiger partial charge in [-0.05, 0) is 59.1 Å². The van der Waals surface area contributed by atoms with Crippen LogP contribution in [0.3, 0.4) is 0 Å². The van der Waals surface area contributed by atoms with E-state index in [1.807, 2.05) is 31.7 Å². The summed E-state index contributed by atoms with van der Waals surface area (Å²) in [4.78, 5) is 42.8. The zero-order valence-electron chi connectivity index (χ0n) is 20.2. The highest BCUT2D eigenvalue weighted by molar-refractivity contribution is 8.26. The van der Waals surface area contributed by atoms with Gasteiger partial charge in [-0.2, -0.15) is 5.26 Å². The van der Waals surface area contributed by atoms with Crippen LogP contribution in [0.1, 0.15) is 57.2 Å². The summed E-state index contributed by atoms with van der Waals surface area (Å²) in [5, 5.41) is 9.73. The predicted molar refractivity (Wildman–Crippen MR) is 138 cm³/mol. The first-order valence-corrected chi connectivity index (χ1v) is 12.7. The van der Waals surface area contributed by atoms with Gasteiger partial charge in [-0.1, -0.05) is 24.0 Å². The van der Waals surface area contributed by atoms with Crippen molar-refractivity contribution in [2.24, 2.45) is 5.92 Å². The molecule has 1 unspecified atom stereocenters. The molecule has 10 heteroatoms. The number of nitrogens with zero attached hydrogens (tertiary/aromatic N) is 4. The van der Waals surface area contributed by atoms with Crippen molar-refractivity contribution in [1.29, 1.82) is 5.26 Å². The number of nitriles is 1. The molecule has 2 aliphatic heterocycles. The Morgan fingerprint density at radius 1 is 1.35 bits per heavy atom. The fourth-order valence-corrected chi connectivity index (χ4v) is 5.96. The molecule has 1 aromatic rings. The SMILES string of the molecule is CCOC(=O)C1CCCN(c2c(C=C3SC(=S)N(C(C)C)C3=O)c(C)c(C#N)c(=O)n2CC)C1. The van der Waals surface area contributed by atoms with Gasteiger partial charge in [0.15, 0.2) is 0 Å². The zero-order chi connectivity index (χ0) is 25.2. The van der Waals surface area contributed by atoms with Crippen molar-refractivity contribution in [3.63, 3.8) is 0 Å². The minimum absolute atomic E-state index is 0.0511. The zero-order valence-corrected chi connectivity index (χ0v) is 21.8. The number of anilines is 1. The van der Waals surface area contributed by atoms with Crippen LogP contribution in [0, 0.1) is 24.2 Å². The van der Waals surface area contributed by atoms with E-state index in [0.29, 0.717) is 58.8 Å². The number of ether oxygens (including phenoxy) is 1. The average molecular weight is 503 g/mol. The van der Waals surface area contributed by atoms with E-state index in [9.17, 15) is 19.6 Å². The minimum Gasteiger partial charge on any atom is -0.466 e. The van der Waals surface area contributed by atoms with Gasteiger partial charge in [-0.3, -0.25) is 23.9 Å². The summed E-state index contributed by atoms with van der Waals surface area (Å²) < 4.78 is 7.29. The lowest BCUT2D eigenvalue weighted by molar-refractivity contribution is -0.148. The molecule has 2 saturated heterocycles. The first kappa shape index (κ1) is 26.0. The van der Waals surface area contributed by atoms with E-state index in [4.69, 9.17) is 17.0 Å². The van der Waals surface area contributed by atoms with Crippen LogP contribution < -0.4 is 10.5 Å². The number of rotatable bonds is 6. The molecule has 3 rings (SSSR count). The first-order valence-electron chi connectivity index (χ1n) is 11.5. The van der Waals surface area contributed by atoms with Gasteiger partial charge >= 0.3 is 5.97 Å². The van der Waals surface area contributed by atoms with Gasteiger partial charge in [0.1, 0.15) is 21.8 Å². The third-order valence-corrected chi connectivity index (χ3v) is 7.45. The third-order valence-electron chi connectivity index (χ3n) is 6.12. The molecule has 1 atom stereocenters. The Morgan fingerprint density at radius 3 is 2.62 bits per heavy atom. The molecule has 2 aliphatic rings. The Labute approximate surface area is 209 Å². The second-order valence-corrected chi connectivity index (χ2v) is 10.3. The topological polar surface area (TPSA) is 95.6 Å². The number of piperidine rings is 1. The maximum Gasteiger partial charge on any atom is 0.310 e. The molecule has 0 N–H and O–H groups in total. The Bertz CT molecular complexity index is 1150. The summed E-state index contributed by atoms with van der Waals surface area (Å²) in [6.45, 7) is 10.9. The van der Waals surface area contributed by atoms with E-state index in [1.165, 1.54) is 11.8 Å². The fourth-order valence-electron chi connectivity index (χ4n) is 4.46. The van der Waals surface area contributed by atoms with Crippen LogP contribution in [0.15, 0.2) is 9.70 Å². The van der Waals surface area contributed by atoms with Crippen LogP contribution in [-0.2, 0) is 20.9 Å². The van der Waals surface area contributed by atoms with E-state index >= 15 is 0 Å². The number of carbonyl (C=O) groups is 2. The van der Waals surface area contributed by atoms with Crippen LogP contribution in [-0.4, -0.2) is 51.4 Å². The van der Waals surface area contributed by atoms with E-state index in [2.05, 4.69) is 0 Å². The van der Waals surface area contributed by atoms with Crippen LogP contribution in [0.25, 0.3) is 6.08 Å². The van der Waals surface area contributed by atoms with Crippen LogP contribution >= 0.6 is 24.0 Å². The molecular formula is C24H30N4O4S2. The normalized spacial score (nSPS) is 19.8. The van der Waals surface area contributed by atoms with Crippen molar-refractivity contribution >= 4 is 52.1 Å². The number of carbonyl (C=O) groups excluding carboxylic acids is 2. The molecule has 0 aromatic carbocycles. The molecule has 0 spiro atoms. The number of esters is 1. The lowest BCUT2D eigenvalue weighted by Gasteiger charge is -2.36. The molecule has 0 saturated carbocycles. The Hall–Kier alpha value is -2.64. The minimum atomic E-state index is -0.373. The van der Waals surface area contributed by atoms with Crippen molar-refractivity contribution in [3.05, 3.63) is 31.9 Å². The van der Waals surface area contributed by atoms with Gasteiger partial charge in [-0.15, -0.1) is 0 Å². The lowest BCUT2D eigenvalue weighted by atomic mass is 9.96. The molecule has 182 valence electrons. The molecule has 0 radical (unpaired) electrons. The van der Waals surface area contributed by atoms with Crippen LogP contribution in [0.5, 0.6) is 0 Å². The highest BCUT2D eigenvalue weighted by Gasteiger charge is 2.35. The molecular weight excluding hydrogens is 472 g/mol. The van der Waals surface area contributed by atoms with Crippen molar-refractivity contribution < 1.29 is 14.3 Å². The number of hydrogen-bond donors (Lipinski definition) is 0. The molecule has 34 heavy (non-hydrogen) atoms. The molecule has 8 nitrogen and oxygen atoms in total. The third kappa shape index (κ3) is 4.77. The van der Waals surface area contributed by atoms with Gasteiger partial charge in [0, 0.05) is 31.2 Å². The molecule has 1 amide bonds. The summed E-state index contributed by atoms with van der Waals surface area (Å²) in [5.41, 5.74) is 0.824. The van der Waals surface area contributed by atoms with Crippen molar-refractivity contribution in [2.75, 3.05) is 24.6 Å². The summed E-state index contributed by atoms with van der Waals surface area (Å²) in [6.07, 6.45) is 3.21. The summed E-state index contributed by atoms with van der Waals surface area (Å²) in [5.74, 6) is -0.127. The van der Waals surface area contributed by atoms with Crippen molar-refractivity contribution in [3.8, 4) is 6.07 Å². The van der Waals surface area contributed by atoms with E-state index in [0.717, 1.165) is 6.42 Å². The van der Waals surface area contributed by atoms with Gasteiger partial charge in [0.2, 0.25) is 0 Å². The van der Waals surface area contributed by atoms with E-state index in [-0.39, 0.29) is 35.0 Å². The number of thiocarbonyl (C=S) groups is 1. The monoisotopic (exact) mass is 502 g/mol. The number of amides is 1. The Morgan fingerprint density at radius 2 is 2.06 bits per heavy atom. The van der Waals surface area contributed by atoms with Crippen LogP contribution in [0.4, 0.5) is 5.82 Å². The smallest absolute Gasteiger partial charge is 0.310 e. The van der Waals surface area contributed by atoms with Crippen molar-refractivity contribution in [1.82, 2.24) is 9.47 Å². The average Bonchev–Trinajstić information content (AvgIpc) is 3.08. The fraction of sp³-hybridized carbons (Fsp3) is 0.542. The highest BCUT2D eigenvalue weighted by atomic mass is 32.2. The quantitative estimate of drug-likeness (QED) is 0.332. The summed E-state index contributed by atoms with van der Waals surface area (Å²) >= 11 is 6.64. The molecule has 0 aliphatic carbocycles. The maximum atomic E-state index is 13.2. The standard InChI is InChI=1S/C24H30N4O4S2/c1-6-27-20(26-10-8-9-16(13-26)23(31)32-7-2)17(15(5)18(12-25)21(27)29)11-19-22(30)28(14(3)4)24(33)34-19/h11,14,16H,6-10,13H2,1-5H3. The van der Waals surface area contributed by atoms with E-state index < -0.39 is 0 Å². The number of aromatic nitrogens is 1. The van der Waals surface area contributed by atoms with Crippen LogP contribution in [0.2, 0.25) is 0 Å². The Kier molecular flexibility index (Phi) is 8.21. The van der Waals surface area contributed by atoms with Gasteiger partial charge in [-0.25, -0.2) is 0 Å². The lowest BCUT2D eigenvalue weighted by Crippen LogP contribution is -2.43. The van der Waals surface area contributed by atoms with Gasteiger partial charge in [0.05, 0.1) is 17.4 Å². The Balaban J connectivity index is 2.19. The number of hydrogen-bond acceptors (Lipinski definition) is 8. The second-order valence-electron chi connectivity index (χ2n) is 8.58.